The van der Waals surface area contributed by atoms with Crippen molar-refractivity contribution in [2.75, 3.05) is 19.6 Å². The number of halogens is 1. The molecule has 33 heavy (non-hydrogen) atoms. The van der Waals surface area contributed by atoms with Gasteiger partial charge in [0.1, 0.15) is 0 Å². The molecule has 2 fully saturated rings. The second-order valence-electron chi connectivity index (χ2n) is 8.64. The molecule has 8 heteroatoms. The zero-order valence-electron chi connectivity index (χ0n) is 18.4. The number of carbonyl (C=O) groups excluding carboxylic acids is 1. The van der Waals surface area contributed by atoms with Crippen molar-refractivity contribution >= 4 is 56.2 Å². The molecule has 1 aliphatic carbocycles. The predicted octanol–water partition coefficient (Wildman–Crippen LogP) is 3.84. The molecule has 3 aromatic rings. The normalized spacial score (nSPS) is 19.5. The monoisotopic (exact) mass is 505 g/mol. The lowest BCUT2D eigenvalue weighted by Crippen LogP contribution is -2.42. The third kappa shape index (κ3) is 5.84. The number of likely N-dealkylation sites (tertiary alicyclic amines) is 1. The van der Waals surface area contributed by atoms with E-state index in [1.165, 1.54) is 0 Å². The highest BCUT2D eigenvalue weighted by Gasteiger charge is 2.52. The van der Waals surface area contributed by atoms with Gasteiger partial charge in [-0.2, -0.15) is 27.0 Å². The van der Waals surface area contributed by atoms with Crippen molar-refractivity contribution in [3.05, 3.63) is 78.0 Å². The van der Waals surface area contributed by atoms with Gasteiger partial charge in [0, 0.05) is 31.2 Å². The number of nitrogens with zero attached hydrogens (tertiary/aromatic N) is 2. The lowest BCUT2D eigenvalue weighted by atomic mass is 9.94. The van der Waals surface area contributed by atoms with Gasteiger partial charge in [-0.25, -0.2) is 0 Å². The number of benzene rings is 2. The van der Waals surface area contributed by atoms with Crippen LogP contribution in [-0.2, 0) is 10.2 Å². The Kier molecular flexibility index (Phi) is 9.64. The van der Waals surface area contributed by atoms with Crippen LogP contribution in [0.4, 0.5) is 0 Å². The van der Waals surface area contributed by atoms with Crippen LogP contribution in [0.3, 0.4) is 0 Å². The first-order valence-electron chi connectivity index (χ1n) is 10.8. The van der Waals surface area contributed by atoms with Crippen LogP contribution in [-0.4, -0.2) is 46.6 Å². The summed E-state index contributed by atoms with van der Waals surface area (Å²) in [5.74, 6) is 0.0770. The third-order valence-electron chi connectivity index (χ3n) is 6.52. The van der Waals surface area contributed by atoms with Crippen molar-refractivity contribution in [1.82, 2.24) is 15.2 Å². The van der Waals surface area contributed by atoms with Crippen molar-refractivity contribution < 1.29 is 9.90 Å². The van der Waals surface area contributed by atoms with E-state index < -0.39 is 5.41 Å². The zero-order chi connectivity index (χ0) is 20.6. The summed E-state index contributed by atoms with van der Waals surface area (Å²) in [7, 11) is 0. The Hall–Kier alpha value is -1.77. The highest BCUT2D eigenvalue weighted by Crippen LogP contribution is 2.49. The van der Waals surface area contributed by atoms with Crippen LogP contribution < -0.4 is 5.32 Å². The maximum atomic E-state index is 13.5. The van der Waals surface area contributed by atoms with Crippen LogP contribution in [0.5, 0.6) is 0 Å². The van der Waals surface area contributed by atoms with Gasteiger partial charge in [-0.1, -0.05) is 48.5 Å². The van der Waals surface area contributed by atoms with E-state index in [1.54, 1.807) is 0 Å². The Labute approximate surface area is 215 Å². The highest BCUT2D eigenvalue weighted by atomic mass is 35.5. The van der Waals surface area contributed by atoms with E-state index in [2.05, 4.69) is 33.4 Å². The lowest BCUT2D eigenvalue weighted by Gasteiger charge is -2.27. The number of rotatable bonds is 6. The topological polar surface area (TPSA) is 65.5 Å². The van der Waals surface area contributed by atoms with Gasteiger partial charge in [0.25, 0.3) is 0 Å². The smallest absolute Gasteiger partial charge is 0.231 e. The second kappa shape index (κ2) is 11.6. The number of aliphatic hydroxyl groups is 1. The van der Waals surface area contributed by atoms with Crippen molar-refractivity contribution in [3.63, 3.8) is 0 Å². The van der Waals surface area contributed by atoms with Crippen molar-refractivity contribution in [1.29, 1.82) is 0 Å². The number of aliphatic hydroxyl groups excluding tert-OH is 1. The van der Waals surface area contributed by atoms with E-state index in [0.717, 1.165) is 47.8 Å². The fraction of sp³-hybridized carbons (Fsp3) is 0.360. The zero-order valence-corrected chi connectivity index (χ0v) is 21.2. The molecule has 1 aliphatic heterocycles. The lowest BCUT2D eigenvalue weighted by molar-refractivity contribution is -0.124. The first-order chi connectivity index (χ1) is 14.6. The van der Waals surface area contributed by atoms with Crippen LogP contribution in [0.15, 0.2) is 66.9 Å². The SMILES string of the molecule is Cl.O=C(N[C@H](CN1CC[C@H](O)C1)c1ccccc1)C1(c2cnc3ccccc3c2)CC1.S.S. The molecule has 2 aliphatic rings. The van der Waals surface area contributed by atoms with E-state index in [0.29, 0.717) is 13.1 Å². The van der Waals surface area contributed by atoms with Gasteiger partial charge in [0.05, 0.1) is 23.1 Å². The Morgan fingerprint density at radius 1 is 1.12 bits per heavy atom. The molecular weight excluding hydrogens is 474 g/mol. The largest absolute Gasteiger partial charge is 0.392 e. The van der Waals surface area contributed by atoms with E-state index in [-0.39, 0.29) is 57.5 Å². The molecule has 2 N–H and O–H groups in total. The minimum absolute atomic E-state index is 0. The summed E-state index contributed by atoms with van der Waals surface area (Å²) in [6, 6.07) is 20.2. The maximum Gasteiger partial charge on any atom is 0.231 e. The maximum absolute atomic E-state index is 13.5. The van der Waals surface area contributed by atoms with Gasteiger partial charge in [-0.15, -0.1) is 12.4 Å². The number of hydrogen-bond donors (Lipinski definition) is 2. The summed E-state index contributed by atoms with van der Waals surface area (Å²) in [4.78, 5) is 20.3. The first kappa shape index (κ1) is 27.5. The molecule has 1 saturated carbocycles. The fourth-order valence-corrected chi connectivity index (χ4v) is 4.56. The summed E-state index contributed by atoms with van der Waals surface area (Å²) in [6.45, 7) is 2.23. The van der Waals surface area contributed by atoms with Crippen molar-refractivity contribution in [2.24, 2.45) is 0 Å². The number of nitrogens with one attached hydrogen (secondary N) is 1. The van der Waals surface area contributed by atoms with E-state index in [4.69, 9.17) is 0 Å². The van der Waals surface area contributed by atoms with Crippen LogP contribution >= 0.6 is 39.4 Å². The molecule has 0 radical (unpaired) electrons. The first-order valence-corrected chi connectivity index (χ1v) is 10.8. The minimum Gasteiger partial charge on any atom is -0.392 e. The molecular formula is C25H32ClN3O2S2. The fourth-order valence-electron chi connectivity index (χ4n) is 4.56. The van der Waals surface area contributed by atoms with E-state index in [9.17, 15) is 9.90 Å². The Bertz CT molecular complexity index is 1070. The molecule has 2 heterocycles. The molecule has 5 nitrogen and oxygen atoms in total. The van der Waals surface area contributed by atoms with E-state index >= 15 is 0 Å². The van der Waals surface area contributed by atoms with Crippen LogP contribution in [0, 0.1) is 0 Å². The average Bonchev–Trinajstić information content (AvgIpc) is 3.50. The highest BCUT2D eigenvalue weighted by molar-refractivity contribution is 7.59. The molecule has 178 valence electrons. The molecule has 1 amide bonds. The molecule has 0 bridgehead atoms. The number of fused-ring (bicyclic) bond motifs is 1. The molecule has 2 aromatic carbocycles. The van der Waals surface area contributed by atoms with Gasteiger partial charge in [0.15, 0.2) is 0 Å². The minimum atomic E-state index is -0.478. The van der Waals surface area contributed by atoms with Crippen LogP contribution in [0.1, 0.15) is 36.4 Å². The number of hydrogen-bond acceptors (Lipinski definition) is 4. The number of carbonyl (C=O) groups is 1. The summed E-state index contributed by atoms with van der Waals surface area (Å²) in [5, 5.41) is 14.3. The van der Waals surface area contributed by atoms with Gasteiger partial charge in [0.2, 0.25) is 5.91 Å². The standard InChI is InChI=1S/C25H27N3O2.ClH.2H2S/c29-21-10-13-28(16-21)17-23(18-6-2-1-3-7-18)27-24(30)25(11-12-25)20-14-19-8-4-5-9-22(19)26-15-20;;;/h1-9,14-15,21,23,29H,10-13,16-17H2,(H,27,30);1H;2*1H2/t21-,23+;;;/m0.../s1. The Morgan fingerprint density at radius 3 is 2.48 bits per heavy atom. The quantitative estimate of drug-likeness (QED) is 0.534. The third-order valence-corrected chi connectivity index (χ3v) is 6.52. The molecule has 1 aromatic heterocycles. The number of para-hydroxylation sites is 1. The molecule has 0 unspecified atom stereocenters. The van der Waals surface area contributed by atoms with Crippen LogP contribution in [0.25, 0.3) is 10.9 Å². The summed E-state index contributed by atoms with van der Waals surface area (Å²) < 4.78 is 0. The summed E-state index contributed by atoms with van der Waals surface area (Å²) in [6.07, 6.45) is 4.09. The average molecular weight is 506 g/mol. The number of aromatic nitrogens is 1. The molecule has 0 spiro atoms. The van der Waals surface area contributed by atoms with E-state index in [1.807, 2.05) is 48.7 Å². The summed E-state index contributed by atoms with van der Waals surface area (Å²) in [5.41, 5.74) is 2.57. The second-order valence-corrected chi connectivity index (χ2v) is 8.64. The molecule has 1 saturated heterocycles. The van der Waals surface area contributed by atoms with Gasteiger partial charge in [-0.3, -0.25) is 14.7 Å². The summed E-state index contributed by atoms with van der Waals surface area (Å²) >= 11 is 0. The van der Waals surface area contributed by atoms with Gasteiger partial charge < -0.3 is 10.4 Å². The van der Waals surface area contributed by atoms with Crippen molar-refractivity contribution in [3.8, 4) is 0 Å². The number of β-amino-alcohol motifs (C(OH)–C–C–N with tert-alkyl or cyclic N) is 1. The van der Waals surface area contributed by atoms with Crippen LogP contribution in [0.2, 0.25) is 0 Å². The molecule has 2 atom stereocenters. The molecule has 5 rings (SSSR count). The van der Waals surface area contributed by atoms with Gasteiger partial charge in [-0.05, 0) is 42.5 Å². The Balaban J connectivity index is 0.00000128. The number of amides is 1. The van der Waals surface area contributed by atoms with Gasteiger partial charge >= 0.3 is 0 Å². The Morgan fingerprint density at radius 2 is 1.82 bits per heavy atom. The number of pyridine rings is 1. The van der Waals surface area contributed by atoms with Crippen molar-refractivity contribution in [2.45, 2.75) is 36.8 Å². The predicted molar refractivity (Wildman–Crippen MR) is 145 cm³/mol.